The average molecular weight is 822 g/mol. The molecule has 4 aliphatic heterocycles. The number of nitrogens with zero attached hydrogens (tertiary/aromatic N) is 8. The van der Waals surface area contributed by atoms with Gasteiger partial charge >= 0.3 is 0 Å². The molecule has 3 amide bonds. The van der Waals surface area contributed by atoms with Crippen LogP contribution in [0.25, 0.3) is 22.3 Å². The summed E-state index contributed by atoms with van der Waals surface area (Å²) >= 11 is 0. The molecule has 316 valence electrons. The van der Waals surface area contributed by atoms with Crippen LogP contribution in [0.3, 0.4) is 0 Å². The van der Waals surface area contributed by atoms with Crippen LogP contribution in [0.5, 0.6) is 0 Å². The summed E-state index contributed by atoms with van der Waals surface area (Å²) in [7, 11) is 0. The first-order chi connectivity index (χ1) is 29.8. The SMILES string of the molecule is C=C1c2ccc(C3CCN(CCCCCCNC(=O)C4CC(n5nc(C6=NCC(C7CC7)=C6c6ccccn6)c6c(N)ncnc65)C4)CC3)cc2CN1C1CCC(=O)NC1=O. The quantitative estimate of drug-likeness (QED) is 0.108. The van der Waals surface area contributed by atoms with Gasteiger partial charge in [0, 0.05) is 48.5 Å². The van der Waals surface area contributed by atoms with Gasteiger partial charge in [0.1, 0.15) is 23.9 Å². The van der Waals surface area contributed by atoms with Crippen molar-refractivity contribution in [3.8, 4) is 0 Å². The molecule has 14 heteroatoms. The Labute approximate surface area is 356 Å². The van der Waals surface area contributed by atoms with Gasteiger partial charge in [-0.15, -0.1) is 0 Å². The topological polar surface area (TPSA) is 177 Å². The van der Waals surface area contributed by atoms with Crippen molar-refractivity contribution >= 4 is 51.6 Å². The number of unbranched alkanes of at least 4 members (excludes halogenated alkanes) is 3. The van der Waals surface area contributed by atoms with E-state index in [1.807, 2.05) is 29.1 Å². The number of piperidine rings is 2. The first kappa shape index (κ1) is 39.4. The molecule has 3 aromatic heterocycles. The number of nitrogens with two attached hydrogens (primary N) is 1. The predicted molar refractivity (Wildman–Crippen MR) is 234 cm³/mol. The maximum Gasteiger partial charge on any atom is 0.249 e. The van der Waals surface area contributed by atoms with E-state index in [9.17, 15) is 14.4 Å². The molecule has 2 saturated heterocycles. The van der Waals surface area contributed by atoms with Crippen LogP contribution in [0.2, 0.25) is 0 Å². The van der Waals surface area contributed by atoms with Gasteiger partial charge in [-0.05, 0) is 118 Å². The monoisotopic (exact) mass is 821 g/mol. The number of aliphatic imine (C=N–C) groups is 1. The van der Waals surface area contributed by atoms with Gasteiger partial charge in [-0.25, -0.2) is 14.6 Å². The predicted octanol–water partition coefficient (Wildman–Crippen LogP) is 5.57. The van der Waals surface area contributed by atoms with Crippen molar-refractivity contribution in [1.29, 1.82) is 0 Å². The summed E-state index contributed by atoms with van der Waals surface area (Å²) < 4.78 is 1.95. The largest absolute Gasteiger partial charge is 0.383 e. The number of nitrogen functional groups attached to an aromatic ring is 1. The first-order valence-electron chi connectivity index (χ1n) is 22.4. The summed E-state index contributed by atoms with van der Waals surface area (Å²) in [6, 6.07) is 12.4. The molecule has 4 N–H and O–H groups in total. The fraction of sp³-hybridized carbons (Fsp3) is 0.489. The number of pyridine rings is 1. The summed E-state index contributed by atoms with van der Waals surface area (Å²) in [6.07, 6.45) is 14.7. The molecule has 4 fully saturated rings. The first-order valence-corrected chi connectivity index (χ1v) is 22.4. The van der Waals surface area contributed by atoms with Gasteiger partial charge in [0.25, 0.3) is 0 Å². The van der Waals surface area contributed by atoms with Crippen molar-refractivity contribution in [2.75, 3.05) is 38.5 Å². The zero-order valence-corrected chi connectivity index (χ0v) is 34.8. The molecule has 61 heavy (non-hydrogen) atoms. The maximum atomic E-state index is 13.2. The van der Waals surface area contributed by atoms with Crippen molar-refractivity contribution < 1.29 is 14.4 Å². The lowest BCUT2D eigenvalue weighted by Crippen LogP contribution is -2.50. The summed E-state index contributed by atoms with van der Waals surface area (Å²) in [5, 5.41) is 11.5. The number of imide groups is 1. The van der Waals surface area contributed by atoms with Crippen LogP contribution in [0.4, 0.5) is 5.82 Å². The number of hydrogen-bond donors (Lipinski definition) is 3. The Kier molecular flexibility index (Phi) is 10.7. The Balaban J connectivity index is 0.651. The fourth-order valence-corrected chi connectivity index (χ4v) is 10.3. The van der Waals surface area contributed by atoms with Crippen LogP contribution in [-0.4, -0.2) is 96.7 Å². The minimum absolute atomic E-state index is 0.0465. The normalized spacial score (nSPS) is 23.3. The van der Waals surface area contributed by atoms with Gasteiger partial charge in [0.2, 0.25) is 17.7 Å². The molecular formula is C47H55N11O3. The smallest absolute Gasteiger partial charge is 0.249 e. The second kappa shape index (κ2) is 16.6. The van der Waals surface area contributed by atoms with E-state index in [4.69, 9.17) is 20.8 Å². The molecule has 1 aromatic carbocycles. The zero-order valence-electron chi connectivity index (χ0n) is 34.8. The minimum atomic E-state index is -0.337. The molecular weight excluding hydrogens is 767 g/mol. The number of hydrogen-bond acceptors (Lipinski definition) is 11. The van der Waals surface area contributed by atoms with Crippen LogP contribution in [0.1, 0.15) is 117 Å². The standard InChI is InChI=1S/C47H55N11O3/c1-28-35-12-11-31(22-33(35)26-57(28)38-13-14-39(59)54-47(38)61)29-15-20-56(21-16-29)19-7-3-2-5-18-50-46(60)32-23-34(24-32)58-45-41(44(48)52-27-53-45)43(55-58)42-40(37-8-4-6-17-49-37)36(25-51-42)30-9-10-30/h4,6,8,11-12,17,22,27,29-30,32,34,38H,1-3,5,7,9-10,13-16,18-21,23-26H2,(H,50,60)(H2,48,52,53)(H,54,59,61). The summed E-state index contributed by atoms with van der Waals surface area (Å²) in [5.41, 5.74) is 16.6. The Morgan fingerprint density at radius 1 is 0.951 bits per heavy atom. The van der Waals surface area contributed by atoms with E-state index in [0.717, 1.165) is 80.0 Å². The van der Waals surface area contributed by atoms with Gasteiger partial charge < -0.3 is 20.9 Å². The zero-order chi connectivity index (χ0) is 41.6. The van der Waals surface area contributed by atoms with Crippen molar-refractivity contribution in [3.63, 3.8) is 0 Å². The van der Waals surface area contributed by atoms with E-state index in [-0.39, 0.29) is 35.7 Å². The highest BCUT2D eigenvalue weighted by molar-refractivity contribution is 6.36. The number of nitrogens with one attached hydrogen (secondary N) is 2. The maximum absolute atomic E-state index is 13.2. The molecule has 6 aliphatic rings. The second-order valence-electron chi connectivity index (χ2n) is 17.9. The Hall–Kier alpha value is -5.76. The van der Waals surface area contributed by atoms with Gasteiger partial charge in [0.15, 0.2) is 5.65 Å². The van der Waals surface area contributed by atoms with E-state index in [1.54, 1.807) is 0 Å². The van der Waals surface area contributed by atoms with Crippen molar-refractivity contribution in [3.05, 3.63) is 89.2 Å². The molecule has 2 aliphatic carbocycles. The Morgan fingerprint density at radius 3 is 2.57 bits per heavy atom. The third kappa shape index (κ3) is 7.75. The van der Waals surface area contributed by atoms with Gasteiger partial charge in [0.05, 0.1) is 29.4 Å². The summed E-state index contributed by atoms with van der Waals surface area (Å²) in [4.78, 5) is 60.7. The molecule has 0 radical (unpaired) electrons. The minimum Gasteiger partial charge on any atom is -0.383 e. The highest BCUT2D eigenvalue weighted by Crippen LogP contribution is 2.45. The molecule has 4 aromatic rings. The van der Waals surface area contributed by atoms with Gasteiger partial charge in [-0.2, -0.15) is 5.10 Å². The molecule has 1 unspecified atom stereocenters. The number of anilines is 1. The van der Waals surface area contributed by atoms with Crippen molar-refractivity contribution in [2.45, 2.75) is 102 Å². The lowest BCUT2D eigenvalue weighted by Gasteiger charge is -2.34. The van der Waals surface area contributed by atoms with Crippen LogP contribution in [0, 0.1) is 11.8 Å². The summed E-state index contributed by atoms with van der Waals surface area (Å²) in [5.74, 6) is 1.13. The molecule has 1 atom stereocenters. The molecule has 0 spiro atoms. The molecule has 7 heterocycles. The van der Waals surface area contributed by atoms with Gasteiger partial charge in [-0.1, -0.05) is 43.7 Å². The third-order valence-electron chi connectivity index (χ3n) is 14.0. The Morgan fingerprint density at radius 2 is 1.79 bits per heavy atom. The number of rotatable bonds is 14. The van der Waals surface area contributed by atoms with Crippen molar-refractivity contribution in [1.82, 2.24) is 45.2 Å². The Bertz CT molecular complexity index is 2440. The van der Waals surface area contributed by atoms with E-state index in [0.29, 0.717) is 79.7 Å². The number of benzene rings is 1. The second-order valence-corrected chi connectivity index (χ2v) is 17.9. The van der Waals surface area contributed by atoms with Crippen LogP contribution in [0.15, 0.2) is 66.1 Å². The highest BCUT2D eigenvalue weighted by Gasteiger charge is 2.41. The molecule has 0 bridgehead atoms. The van der Waals surface area contributed by atoms with Crippen molar-refractivity contribution in [2.24, 2.45) is 16.8 Å². The summed E-state index contributed by atoms with van der Waals surface area (Å²) in [6.45, 7) is 9.63. The fourth-order valence-electron chi connectivity index (χ4n) is 10.3. The number of likely N-dealkylation sites (tertiary alicyclic amines) is 1. The average Bonchev–Trinajstić information content (AvgIpc) is 3.76. The number of allylic oxidation sites excluding steroid dienone is 1. The van der Waals surface area contributed by atoms with E-state index >= 15 is 0 Å². The number of aromatic nitrogens is 5. The number of fused-ring (bicyclic) bond motifs is 2. The van der Waals surface area contributed by atoms with E-state index in [1.165, 1.54) is 42.3 Å². The van der Waals surface area contributed by atoms with E-state index in [2.05, 4.69) is 55.2 Å². The third-order valence-corrected chi connectivity index (χ3v) is 14.0. The number of amides is 3. The molecule has 2 saturated carbocycles. The number of carbonyl (C=O) groups excluding carboxylic acids is 3. The van der Waals surface area contributed by atoms with Crippen LogP contribution < -0.4 is 16.4 Å². The highest BCUT2D eigenvalue weighted by atomic mass is 16.2. The van der Waals surface area contributed by atoms with E-state index < -0.39 is 0 Å². The van der Waals surface area contributed by atoms with Gasteiger partial charge in [-0.3, -0.25) is 29.7 Å². The van der Waals surface area contributed by atoms with Crippen LogP contribution in [-0.2, 0) is 20.9 Å². The lowest BCUT2D eigenvalue weighted by molar-refractivity contribution is -0.136. The molecule has 14 nitrogen and oxygen atoms in total. The molecule has 10 rings (SSSR count). The lowest BCUT2D eigenvalue weighted by atomic mass is 9.79. The van der Waals surface area contributed by atoms with Crippen LogP contribution >= 0.6 is 0 Å². The number of carbonyl (C=O) groups is 3.